The van der Waals surface area contributed by atoms with Crippen molar-refractivity contribution in [2.45, 2.75) is 64.7 Å². The number of anilines is 1. The molecule has 0 spiro atoms. The summed E-state index contributed by atoms with van der Waals surface area (Å²) < 4.78 is 11.1. The minimum Gasteiger partial charge on any atom is -0.497 e. The van der Waals surface area contributed by atoms with Crippen molar-refractivity contribution in [3.63, 3.8) is 0 Å². The lowest BCUT2D eigenvalue weighted by molar-refractivity contribution is -0.185. The van der Waals surface area contributed by atoms with Gasteiger partial charge in [0.2, 0.25) is 5.91 Å². The van der Waals surface area contributed by atoms with E-state index in [0.717, 1.165) is 5.56 Å². The van der Waals surface area contributed by atoms with Crippen molar-refractivity contribution in [1.82, 2.24) is 5.32 Å². The molecule has 6 atom stereocenters. The zero-order chi connectivity index (χ0) is 27.3. The van der Waals surface area contributed by atoms with E-state index in [1.807, 2.05) is 37.3 Å². The Kier molecular flexibility index (Phi) is 8.63. The molecule has 8 nitrogen and oxygen atoms in total. The highest BCUT2D eigenvalue weighted by atomic mass is 16.6. The Morgan fingerprint density at radius 3 is 2.53 bits per heavy atom. The molecule has 0 heterocycles. The van der Waals surface area contributed by atoms with Gasteiger partial charge in [-0.25, -0.2) is 4.79 Å². The number of aliphatic hydroxyl groups is 2. The molecule has 4 rings (SSSR count). The number of nitrogens with one attached hydrogen (secondary N) is 2. The summed E-state index contributed by atoms with van der Waals surface area (Å²) in [6, 6.07) is 16.8. The van der Waals surface area contributed by atoms with Crippen LogP contribution in [-0.4, -0.2) is 48.1 Å². The summed E-state index contributed by atoms with van der Waals surface area (Å²) in [6.07, 6.45) is 0.963. The number of fused-ring (bicyclic) bond motifs is 1. The van der Waals surface area contributed by atoms with Crippen molar-refractivity contribution >= 4 is 17.7 Å². The average Bonchev–Trinajstić information content (AvgIpc) is 2.92. The second-order valence-electron chi connectivity index (χ2n) is 11.2. The van der Waals surface area contributed by atoms with Gasteiger partial charge >= 0.3 is 6.09 Å². The number of carbonyl (C=O) groups excluding carboxylic acids is 2. The molecule has 2 aromatic rings. The van der Waals surface area contributed by atoms with Crippen LogP contribution in [0.5, 0.6) is 5.75 Å². The lowest BCUT2D eigenvalue weighted by atomic mass is 9.46. The number of amides is 2. The fourth-order valence-electron chi connectivity index (χ4n) is 6.83. The molecule has 206 valence electrons. The predicted molar refractivity (Wildman–Crippen MR) is 145 cm³/mol. The lowest BCUT2D eigenvalue weighted by Crippen LogP contribution is -2.61. The fraction of sp³-hybridized carbons (Fsp3) is 0.533. The molecule has 2 fully saturated rings. The topological polar surface area (TPSA) is 117 Å². The largest absolute Gasteiger partial charge is 0.497 e. The van der Waals surface area contributed by atoms with Gasteiger partial charge in [-0.05, 0) is 60.6 Å². The number of hydrogen-bond donors (Lipinski definition) is 4. The molecule has 2 aliphatic rings. The van der Waals surface area contributed by atoms with Gasteiger partial charge in [-0.2, -0.15) is 0 Å². The zero-order valence-electron chi connectivity index (χ0n) is 22.5. The van der Waals surface area contributed by atoms with Crippen molar-refractivity contribution in [3.8, 4) is 5.75 Å². The maximum absolute atomic E-state index is 12.9. The smallest absolute Gasteiger partial charge is 0.411 e. The maximum atomic E-state index is 12.9. The second kappa shape index (κ2) is 11.7. The summed E-state index contributed by atoms with van der Waals surface area (Å²) in [5.41, 5.74) is 0.481. The molecule has 2 saturated carbocycles. The molecule has 0 aliphatic heterocycles. The van der Waals surface area contributed by atoms with Crippen molar-refractivity contribution in [1.29, 1.82) is 0 Å². The van der Waals surface area contributed by atoms with Crippen LogP contribution in [0, 0.1) is 22.7 Å². The van der Waals surface area contributed by atoms with Crippen LogP contribution in [0.25, 0.3) is 0 Å². The summed E-state index contributed by atoms with van der Waals surface area (Å²) in [7, 11) is 1.56. The second-order valence-corrected chi connectivity index (χ2v) is 11.2. The van der Waals surface area contributed by atoms with Crippen LogP contribution in [0.3, 0.4) is 0 Å². The molecule has 8 heteroatoms. The van der Waals surface area contributed by atoms with Crippen molar-refractivity contribution in [2.24, 2.45) is 22.7 Å². The van der Waals surface area contributed by atoms with Crippen molar-refractivity contribution in [2.75, 3.05) is 19.0 Å². The molecule has 6 unspecified atom stereocenters. The van der Waals surface area contributed by atoms with Gasteiger partial charge in [0.25, 0.3) is 0 Å². The minimum absolute atomic E-state index is 0.0290. The molecule has 38 heavy (non-hydrogen) atoms. The summed E-state index contributed by atoms with van der Waals surface area (Å²) in [4.78, 5) is 25.8. The molecule has 0 saturated heterocycles. The van der Waals surface area contributed by atoms with Crippen molar-refractivity contribution in [3.05, 3.63) is 60.2 Å². The van der Waals surface area contributed by atoms with Gasteiger partial charge in [-0.15, -0.1) is 0 Å². The van der Waals surface area contributed by atoms with E-state index in [-0.39, 0.29) is 36.2 Å². The van der Waals surface area contributed by atoms with Gasteiger partial charge in [0.1, 0.15) is 11.9 Å². The van der Waals surface area contributed by atoms with E-state index >= 15 is 0 Å². The Morgan fingerprint density at radius 2 is 1.82 bits per heavy atom. The molecule has 2 aliphatic carbocycles. The Morgan fingerprint density at radius 1 is 1.05 bits per heavy atom. The number of carbonyl (C=O) groups is 2. The third-order valence-electron chi connectivity index (χ3n) is 8.98. The van der Waals surface area contributed by atoms with Crippen LogP contribution in [0.4, 0.5) is 10.5 Å². The number of ether oxygens (including phenoxy) is 2. The first kappa shape index (κ1) is 27.9. The van der Waals surface area contributed by atoms with E-state index in [9.17, 15) is 19.8 Å². The van der Waals surface area contributed by atoms with Crippen LogP contribution in [-0.2, 0) is 16.1 Å². The number of benzene rings is 2. The van der Waals surface area contributed by atoms with E-state index in [4.69, 9.17) is 9.47 Å². The van der Waals surface area contributed by atoms with Gasteiger partial charge in [0.15, 0.2) is 0 Å². The average molecular weight is 525 g/mol. The van der Waals surface area contributed by atoms with E-state index in [0.29, 0.717) is 43.7 Å². The highest BCUT2D eigenvalue weighted by Crippen LogP contribution is 2.61. The quantitative estimate of drug-likeness (QED) is 0.404. The summed E-state index contributed by atoms with van der Waals surface area (Å²) in [5, 5.41) is 27.4. The minimum atomic E-state index is -0.711. The maximum Gasteiger partial charge on any atom is 0.411 e. The van der Waals surface area contributed by atoms with Crippen molar-refractivity contribution < 1.29 is 29.3 Å². The first-order chi connectivity index (χ1) is 18.2. The van der Waals surface area contributed by atoms with Gasteiger partial charge in [0, 0.05) is 30.1 Å². The molecule has 0 radical (unpaired) electrons. The Hall–Kier alpha value is -3.10. The zero-order valence-corrected chi connectivity index (χ0v) is 22.5. The monoisotopic (exact) mass is 524 g/mol. The van der Waals surface area contributed by atoms with E-state index in [2.05, 4.69) is 17.6 Å². The van der Waals surface area contributed by atoms with Gasteiger partial charge in [0.05, 0.1) is 19.8 Å². The predicted octanol–water partition coefficient (Wildman–Crippen LogP) is 4.50. The normalized spacial score (nSPS) is 30.6. The highest BCUT2D eigenvalue weighted by molar-refractivity contribution is 5.85. The number of hydrogen-bond acceptors (Lipinski definition) is 6. The Bertz CT molecular complexity index is 1110. The fourth-order valence-corrected chi connectivity index (χ4v) is 6.83. The van der Waals surface area contributed by atoms with Crippen LogP contribution < -0.4 is 15.4 Å². The molecule has 0 aromatic heterocycles. The van der Waals surface area contributed by atoms with E-state index in [1.165, 1.54) is 0 Å². The molecule has 2 aromatic carbocycles. The number of rotatable bonds is 8. The van der Waals surface area contributed by atoms with Gasteiger partial charge in [-0.1, -0.05) is 50.2 Å². The summed E-state index contributed by atoms with van der Waals surface area (Å²) in [5.74, 6) is 0.241. The first-order valence-corrected chi connectivity index (χ1v) is 13.4. The SMILES string of the molecule is COc1cccc(NC(=O)OC2CCC3(C)C(CC(=O)NCc4ccccc4)C(O)CCC3C2(C)CO)c1. The first-order valence-electron chi connectivity index (χ1n) is 13.4. The standard InChI is InChI=1S/C30H40N2O6/c1-29-15-14-26(38-28(36)32-21-10-7-11-22(16-21)37-3)30(2,19-33)25(29)13-12-24(34)23(29)17-27(35)31-18-20-8-5-4-6-9-20/h4-11,16,23-26,33-34H,12-15,17-19H2,1-3H3,(H,31,35)(H,32,36). The molecule has 4 N–H and O–H groups in total. The Balaban J connectivity index is 1.45. The summed E-state index contributed by atoms with van der Waals surface area (Å²) in [6.45, 7) is 4.36. The van der Waals surface area contributed by atoms with Crippen LogP contribution >= 0.6 is 0 Å². The van der Waals surface area contributed by atoms with E-state index in [1.54, 1.807) is 31.4 Å². The molecule has 0 bridgehead atoms. The van der Waals surface area contributed by atoms with Gasteiger partial charge in [-0.3, -0.25) is 10.1 Å². The third-order valence-corrected chi connectivity index (χ3v) is 8.98. The van der Waals surface area contributed by atoms with Crippen LogP contribution in [0.2, 0.25) is 0 Å². The molecular formula is C30H40N2O6. The van der Waals surface area contributed by atoms with Crippen LogP contribution in [0.1, 0.15) is 51.5 Å². The third kappa shape index (κ3) is 5.81. The van der Waals surface area contributed by atoms with E-state index < -0.39 is 23.7 Å². The number of methoxy groups -OCH3 is 1. The molecule has 2 amide bonds. The van der Waals surface area contributed by atoms with Gasteiger partial charge < -0.3 is 25.0 Å². The highest BCUT2D eigenvalue weighted by Gasteiger charge is 2.60. The number of aliphatic hydroxyl groups excluding tert-OH is 2. The van der Waals surface area contributed by atoms with Crippen LogP contribution in [0.15, 0.2) is 54.6 Å². The molecular weight excluding hydrogens is 484 g/mol. The summed E-state index contributed by atoms with van der Waals surface area (Å²) >= 11 is 0. The lowest BCUT2D eigenvalue weighted by Gasteiger charge is -2.60. The Labute approximate surface area is 224 Å².